The number of carbonyl (C=O) groups is 1. The van der Waals surface area contributed by atoms with Gasteiger partial charge in [0, 0.05) is 18.8 Å². The summed E-state index contributed by atoms with van der Waals surface area (Å²) >= 11 is 1.80. The number of carboxylic acids is 1. The first-order valence-corrected chi connectivity index (χ1v) is 5.85. The maximum absolute atomic E-state index is 10.2. The van der Waals surface area contributed by atoms with Gasteiger partial charge in [-0.05, 0) is 25.0 Å². The van der Waals surface area contributed by atoms with Crippen LogP contribution in [0.5, 0.6) is 0 Å². The molecule has 1 N–H and O–H groups in total. The Morgan fingerprint density at radius 2 is 2.46 bits per heavy atom. The molecule has 1 saturated heterocycles. The monoisotopic (exact) mass is 204 g/mol. The highest BCUT2D eigenvalue weighted by Gasteiger charge is 2.14. The van der Waals surface area contributed by atoms with Crippen molar-refractivity contribution in [3.63, 3.8) is 0 Å². The van der Waals surface area contributed by atoms with E-state index in [1.807, 2.05) is 0 Å². The Morgan fingerprint density at radius 3 is 3.08 bits per heavy atom. The van der Waals surface area contributed by atoms with Crippen LogP contribution >= 0.6 is 11.8 Å². The zero-order chi connectivity index (χ0) is 9.52. The number of carboxylic acid groups (broad SMARTS) is 1. The molecule has 0 amide bonds. The van der Waals surface area contributed by atoms with Gasteiger partial charge in [0.25, 0.3) is 0 Å². The minimum absolute atomic E-state index is 0.290. The Hall–Kier alpha value is -0.220. The molecule has 1 aliphatic rings. The lowest BCUT2D eigenvalue weighted by Crippen LogP contribution is -2.08. The van der Waals surface area contributed by atoms with E-state index in [2.05, 4.69) is 0 Å². The SMILES string of the molecule is O=C(O)CCCSCC1CCCO1. The third-order valence-corrected chi connectivity index (χ3v) is 3.19. The normalized spacial score (nSPS) is 22.0. The van der Waals surface area contributed by atoms with Gasteiger partial charge in [-0.3, -0.25) is 4.79 Å². The Bertz CT molecular complexity index is 155. The molecule has 3 nitrogen and oxygen atoms in total. The zero-order valence-electron chi connectivity index (χ0n) is 7.70. The number of hydrogen-bond acceptors (Lipinski definition) is 3. The van der Waals surface area contributed by atoms with Crippen LogP contribution in [0.4, 0.5) is 0 Å². The Morgan fingerprint density at radius 1 is 1.62 bits per heavy atom. The fourth-order valence-corrected chi connectivity index (χ4v) is 2.36. The highest BCUT2D eigenvalue weighted by Crippen LogP contribution is 2.17. The predicted octanol–water partition coefficient (Wildman–Crippen LogP) is 1.76. The van der Waals surface area contributed by atoms with Crippen molar-refractivity contribution in [3.05, 3.63) is 0 Å². The summed E-state index contributed by atoms with van der Waals surface area (Å²) in [5, 5.41) is 8.39. The van der Waals surface area contributed by atoms with Gasteiger partial charge in [-0.15, -0.1) is 0 Å². The lowest BCUT2D eigenvalue weighted by Gasteiger charge is -2.07. The van der Waals surface area contributed by atoms with E-state index in [1.54, 1.807) is 11.8 Å². The van der Waals surface area contributed by atoms with Gasteiger partial charge < -0.3 is 9.84 Å². The van der Waals surface area contributed by atoms with Crippen LogP contribution in [0.3, 0.4) is 0 Å². The first-order chi connectivity index (χ1) is 6.29. The van der Waals surface area contributed by atoms with E-state index in [9.17, 15) is 4.79 Å². The molecule has 76 valence electrons. The number of ether oxygens (including phenoxy) is 1. The van der Waals surface area contributed by atoms with Gasteiger partial charge in [0.15, 0.2) is 0 Å². The van der Waals surface area contributed by atoms with Crippen LogP contribution in [0, 0.1) is 0 Å². The number of thioether (sulfide) groups is 1. The minimum Gasteiger partial charge on any atom is -0.481 e. The van der Waals surface area contributed by atoms with Gasteiger partial charge in [-0.1, -0.05) is 0 Å². The number of aliphatic carboxylic acids is 1. The van der Waals surface area contributed by atoms with Crippen LogP contribution in [-0.4, -0.2) is 35.3 Å². The van der Waals surface area contributed by atoms with E-state index in [4.69, 9.17) is 9.84 Å². The molecular formula is C9H16O3S. The first kappa shape index (κ1) is 10.9. The van der Waals surface area contributed by atoms with Crippen molar-refractivity contribution in [1.29, 1.82) is 0 Å². The van der Waals surface area contributed by atoms with E-state index in [1.165, 1.54) is 12.8 Å². The summed E-state index contributed by atoms with van der Waals surface area (Å²) in [5.74, 6) is 1.27. The first-order valence-electron chi connectivity index (χ1n) is 4.70. The van der Waals surface area contributed by atoms with Gasteiger partial charge in [-0.2, -0.15) is 11.8 Å². The van der Waals surface area contributed by atoms with Crippen LogP contribution in [0.1, 0.15) is 25.7 Å². The fourth-order valence-electron chi connectivity index (χ4n) is 1.32. The Balaban J connectivity index is 1.86. The van der Waals surface area contributed by atoms with Crippen LogP contribution in [0.2, 0.25) is 0 Å². The molecule has 1 rings (SSSR count). The summed E-state index contributed by atoms with van der Waals surface area (Å²) in [7, 11) is 0. The van der Waals surface area contributed by atoms with Gasteiger partial charge in [0.1, 0.15) is 0 Å². The average Bonchev–Trinajstić information content (AvgIpc) is 2.55. The van der Waals surface area contributed by atoms with E-state index in [0.29, 0.717) is 12.5 Å². The molecule has 4 heteroatoms. The largest absolute Gasteiger partial charge is 0.481 e. The van der Waals surface area contributed by atoms with Gasteiger partial charge >= 0.3 is 5.97 Å². The van der Waals surface area contributed by atoms with Crippen LogP contribution in [-0.2, 0) is 9.53 Å². The lowest BCUT2D eigenvalue weighted by molar-refractivity contribution is -0.137. The van der Waals surface area contributed by atoms with Crippen LogP contribution in [0.15, 0.2) is 0 Å². The van der Waals surface area contributed by atoms with Crippen molar-refractivity contribution in [2.24, 2.45) is 0 Å². The third-order valence-electron chi connectivity index (χ3n) is 2.01. The molecule has 1 atom stereocenters. The molecule has 0 bridgehead atoms. The summed E-state index contributed by atoms with van der Waals surface area (Å²) in [6.45, 7) is 0.903. The summed E-state index contributed by atoms with van der Waals surface area (Å²) in [4.78, 5) is 10.2. The van der Waals surface area contributed by atoms with Gasteiger partial charge in [0.05, 0.1) is 6.10 Å². The van der Waals surface area contributed by atoms with Crippen molar-refractivity contribution < 1.29 is 14.6 Å². The molecule has 1 fully saturated rings. The smallest absolute Gasteiger partial charge is 0.303 e. The molecule has 0 aromatic heterocycles. The number of hydrogen-bond donors (Lipinski definition) is 1. The lowest BCUT2D eigenvalue weighted by atomic mass is 10.3. The molecule has 0 spiro atoms. The van der Waals surface area contributed by atoms with E-state index >= 15 is 0 Å². The molecule has 0 saturated carbocycles. The van der Waals surface area contributed by atoms with Crippen LogP contribution < -0.4 is 0 Å². The minimum atomic E-state index is -0.697. The molecule has 0 aliphatic carbocycles. The van der Waals surface area contributed by atoms with Gasteiger partial charge in [-0.25, -0.2) is 0 Å². The second kappa shape index (κ2) is 6.27. The topological polar surface area (TPSA) is 46.5 Å². The van der Waals surface area contributed by atoms with Crippen molar-refractivity contribution in [2.45, 2.75) is 31.8 Å². The number of rotatable bonds is 6. The van der Waals surface area contributed by atoms with Gasteiger partial charge in [0.2, 0.25) is 0 Å². The second-order valence-electron chi connectivity index (χ2n) is 3.21. The fraction of sp³-hybridized carbons (Fsp3) is 0.889. The van der Waals surface area contributed by atoms with E-state index in [0.717, 1.165) is 24.5 Å². The molecular weight excluding hydrogens is 188 g/mol. The van der Waals surface area contributed by atoms with E-state index in [-0.39, 0.29) is 0 Å². The maximum atomic E-state index is 10.2. The molecule has 1 heterocycles. The summed E-state index contributed by atoms with van der Waals surface area (Å²) in [5.41, 5.74) is 0. The quantitative estimate of drug-likeness (QED) is 0.670. The molecule has 0 aromatic rings. The molecule has 13 heavy (non-hydrogen) atoms. The predicted molar refractivity (Wildman–Crippen MR) is 53.2 cm³/mol. The van der Waals surface area contributed by atoms with Crippen LogP contribution in [0.25, 0.3) is 0 Å². The molecule has 0 radical (unpaired) electrons. The van der Waals surface area contributed by atoms with Crippen molar-refractivity contribution in [3.8, 4) is 0 Å². The standard InChI is InChI=1S/C9H16O3S/c10-9(11)4-2-6-13-7-8-3-1-5-12-8/h8H,1-7H2,(H,10,11). The Kier molecular flexibility index (Phi) is 5.23. The second-order valence-corrected chi connectivity index (χ2v) is 4.36. The third kappa shape index (κ3) is 5.16. The molecule has 1 aliphatic heterocycles. The van der Waals surface area contributed by atoms with Crippen molar-refractivity contribution in [2.75, 3.05) is 18.1 Å². The van der Waals surface area contributed by atoms with Crippen molar-refractivity contribution >= 4 is 17.7 Å². The summed E-state index contributed by atoms with van der Waals surface area (Å²) in [6, 6.07) is 0. The highest BCUT2D eigenvalue weighted by molar-refractivity contribution is 7.99. The summed E-state index contributed by atoms with van der Waals surface area (Å²) < 4.78 is 5.44. The Labute approximate surface area is 82.8 Å². The van der Waals surface area contributed by atoms with Crippen molar-refractivity contribution in [1.82, 2.24) is 0 Å². The summed E-state index contributed by atoms with van der Waals surface area (Å²) in [6.07, 6.45) is 3.84. The average molecular weight is 204 g/mol. The molecule has 0 aromatic carbocycles. The zero-order valence-corrected chi connectivity index (χ0v) is 8.52. The molecule has 1 unspecified atom stereocenters. The maximum Gasteiger partial charge on any atom is 0.303 e. The highest BCUT2D eigenvalue weighted by atomic mass is 32.2. The van der Waals surface area contributed by atoms with E-state index < -0.39 is 5.97 Å².